The third-order valence-corrected chi connectivity index (χ3v) is 4.99. The van der Waals surface area contributed by atoms with Gasteiger partial charge in [-0.05, 0) is 43.4 Å². The molecule has 0 unspecified atom stereocenters. The molecule has 0 aliphatic heterocycles. The monoisotopic (exact) mass is 408 g/mol. The number of fused-ring (bicyclic) bond motifs is 1. The van der Waals surface area contributed by atoms with Crippen LogP contribution < -0.4 is 10.2 Å². The average molecular weight is 408 g/mol. The SMILES string of the molecule is CCCN(CC1CC1)c1cc(C(=O)Nc2ccc3nn(CC(=O)O)cc3c2)ncn1. The summed E-state index contributed by atoms with van der Waals surface area (Å²) >= 11 is 0. The second kappa shape index (κ2) is 8.48. The number of carboxylic acids is 1. The topological polar surface area (TPSA) is 113 Å². The van der Waals surface area contributed by atoms with E-state index in [0.717, 1.165) is 36.6 Å². The first-order chi connectivity index (χ1) is 14.5. The van der Waals surface area contributed by atoms with E-state index in [1.54, 1.807) is 30.5 Å². The predicted molar refractivity (Wildman–Crippen MR) is 113 cm³/mol. The lowest BCUT2D eigenvalue weighted by Gasteiger charge is -2.23. The van der Waals surface area contributed by atoms with Gasteiger partial charge in [0.1, 0.15) is 24.4 Å². The predicted octanol–water partition coefficient (Wildman–Crippen LogP) is 2.79. The van der Waals surface area contributed by atoms with E-state index in [1.807, 2.05) is 0 Å². The lowest BCUT2D eigenvalue weighted by Crippen LogP contribution is -2.28. The highest BCUT2D eigenvalue weighted by atomic mass is 16.4. The Hall–Kier alpha value is -3.49. The Morgan fingerprint density at radius 2 is 2.10 bits per heavy atom. The van der Waals surface area contributed by atoms with E-state index in [2.05, 4.69) is 32.2 Å². The molecule has 9 heteroatoms. The van der Waals surface area contributed by atoms with Gasteiger partial charge in [-0.15, -0.1) is 0 Å². The molecule has 9 nitrogen and oxygen atoms in total. The molecule has 4 rings (SSSR count). The highest BCUT2D eigenvalue weighted by Gasteiger charge is 2.25. The molecule has 0 atom stereocenters. The summed E-state index contributed by atoms with van der Waals surface area (Å²) in [7, 11) is 0. The van der Waals surface area contributed by atoms with E-state index in [0.29, 0.717) is 16.9 Å². The second-order valence-electron chi connectivity index (χ2n) is 7.60. The van der Waals surface area contributed by atoms with Crippen molar-refractivity contribution in [3.8, 4) is 0 Å². The van der Waals surface area contributed by atoms with E-state index in [1.165, 1.54) is 23.9 Å². The molecule has 0 radical (unpaired) electrons. The van der Waals surface area contributed by atoms with Crippen LogP contribution in [-0.2, 0) is 11.3 Å². The fourth-order valence-corrected chi connectivity index (χ4v) is 3.39. The van der Waals surface area contributed by atoms with E-state index in [4.69, 9.17) is 5.11 Å². The number of aliphatic carboxylic acids is 1. The third kappa shape index (κ3) is 4.73. The number of carbonyl (C=O) groups is 2. The van der Waals surface area contributed by atoms with Crippen molar-refractivity contribution >= 4 is 34.3 Å². The molecule has 1 saturated carbocycles. The van der Waals surface area contributed by atoms with Gasteiger partial charge in [0, 0.05) is 36.4 Å². The molecule has 1 amide bonds. The molecule has 0 bridgehead atoms. The van der Waals surface area contributed by atoms with Gasteiger partial charge in [-0.1, -0.05) is 6.92 Å². The largest absolute Gasteiger partial charge is 0.480 e. The number of anilines is 2. The summed E-state index contributed by atoms with van der Waals surface area (Å²) in [6.45, 7) is 3.77. The van der Waals surface area contributed by atoms with Crippen LogP contribution in [0.15, 0.2) is 36.8 Å². The lowest BCUT2D eigenvalue weighted by molar-refractivity contribution is -0.137. The van der Waals surface area contributed by atoms with Crippen LogP contribution in [0.2, 0.25) is 0 Å². The van der Waals surface area contributed by atoms with Gasteiger partial charge in [-0.3, -0.25) is 14.3 Å². The number of nitrogens with one attached hydrogen (secondary N) is 1. The van der Waals surface area contributed by atoms with Crippen LogP contribution in [0.3, 0.4) is 0 Å². The molecule has 2 aromatic heterocycles. The summed E-state index contributed by atoms with van der Waals surface area (Å²) in [4.78, 5) is 34.3. The Morgan fingerprint density at radius 1 is 1.27 bits per heavy atom. The van der Waals surface area contributed by atoms with Crippen molar-refractivity contribution in [3.05, 3.63) is 42.5 Å². The van der Waals surface area contributed by atoms with Crippen LogP contribution in [0, 0.1) is 5.92 Å². The molecular weight excluding hydrogens is 384 g/mol. The number of rotatable bonds is 9. The van der Waals surface area contributed by atoms with Gasteiger partial charge in [-0.25, -0.2) is 9.97 Å². The van der Waals surface area contributed by atoms with Gasteiger partial charge in [0.2, 0.25) is 0 Å². The molecule has 0 spiro atoms. The van der Waals surface area contributed by atoms with Crippen molar-refractivity contribution in [1.29, 1.82) is 0 Å². The zero-order valence-corrected chi connectivity index (χ0v) is 16.8. The fraction of sp³-hybridized carbons (Fsp3) is 0.381. The van der Waals surface area contributed by atoms with Gasteiger partial charge < -0.3 is 15.3 Å². The molecule has 0 saturated heterocycles. The smallest absolute Gasteiger partial charge is 0.325 e. The highest BCUT2D eigenvalue weighted by molar-refractivity contribution is 6.04. The van der Waals surface area contributed by atoms with E-state index in [-0.39, 0.29) is 12.5 Å². The summed E-state index contributed by atoms with van der Waals surface area (Å²) in [5.41, 5.74) is 1.55. The number of carboxylic acid groups (broad SMARTS) is 1. The van der Waals surface area contributed by atoms with Gasteiger partial charge in [0.15, 0.2) is 0 Å². The summed E-state index contributed by atoms with van der Waals surface area (Å²) in [5, 5.41) is 16.7. The molecule has 2 heterocycles. The molecule has 3 aromatic rings. The van der Waals surface area contributed by atoms with Crippen molar-refractivity contribution < 1.29 is 14.7 Å². The Labute approximate surface area is 173 Å². The average Bonchev–Trinajstić information content (AvgIpc) is 3.45. The van der Waals surface area contributed by atoms with Gasteiger partial charge >= 0.3 is 5.97 Å². The van der Waals surface area contributed by atoms with Crippen LogP contribution in [0.1, 0.15) is 36.7 Å². The molecule has 1 aliphatic carbocycles. The van der Waals surface area contributed by atoms with E-state index >= 15 is 0 Å². The summed E-state index contributed by atoms with van der Waals surface area (Å²) in [5.74, 6) is 0.209. The number of hydrogen-bond acceptors (Lipinski definition) is 6. The lowest BCUT2D eigenvalue weighted by atomic mass is 10.2. The third-order valence-electron chi connectivity index (χ3n) is 4.99. The van der Waals surface area contributed by atoms with Crippen molar-refractivity contribution in [2.45, 2.75) is 32.7 Å². The number of nitrogens with zero attached hydrogens (tertiary/aromatic N) is 5. The summed E-state index contributed by atoms with van der Waals surface area (Å²) in [6, 6.07) is 6.97. The van der Waals surface area contributed by atoms with Gasteiger partial charge in [-0.2, -0.15) is 5.10 Å². The van der Waals surface area contributed by atoms with Crippen LogP contribution in [0.4, 0.5) is 11.5 Å². The quantitative estimate of drug-likeness (QED) is 0.560. The normalized spacial score (nSPS) is 13.4. The van der Waals surface area contributed by atoms with Gasteiger partial charge in [0.05, 0.1) is 5.52 Å². The summed E-state index contributed by atoms with van der Waals surface area (Å²) < 4.78 is 1.36. The minimum Gasteiger partial charge on any atom is -0.480 e. The molecule has 2 N–H and O–H groups in total. The highest BCUT2D eigenvalue weighted by Crippen LogP contribution is 2.31. The molecular formula is C21H24N6O3. The molecule has 156 valence electrons. The number of carbonyl (C=O) groups excluding carboxylic acids is 1. The van der Waals surface area contributed by atoms with Crippen molar-refractivity contribution in [3.63, 3.8) is 0 Å². The Balaban J connectivity index is 1.49. The zero-order valence-electron chi connectivity index (χ0n) is 16.8. The van der Waals surface area contributed by atoms with Crippen molar-refractivity contribution in [2.75, 3.05) is 23.3 Å². The molecule has 1 fully saturated rings. The van der Waals surface area contributed by atoms with Crippen molar-refractivity contribution in [1.82, 2.24) is 19.7 Å². The maximum absolute atomic E-state index is 12.7. The Bertz CT molecular complexity index is 1080. The number of amides is 1. The number of hydrogen-bond donors (Lipinski definition) is 2. The minimum atomic E-state index is -0.963. The number of aromatic nitrogens is 4. The van der Waals surface area contributed by atoms with E-state index in [9.17, 15) is 9.59 Å². The first kappa shape index (κ1) is 19.8. The van der Waals surface area contributed by atoms with E-state index < -0.39 is 5.97 Å². The van der Waals surface area contributed by atoms with Crippen LogP contribution >= 0.6 is 0 Å². The van der Waals surface area contributed by atoms with Gasteiger partial charge in [0.25, 0.3) is 5.91 Å². The zero-order chi connectivity index (χ0) is 21.1. The Kier molecular flexibility index (Phi) is 5.60. The second-order valence-corrected chi connectivity index (χ2v) is 7.60. The van der Waals surface area contributed by atoms with Crippen LogP contribution in [0.25, 0.3) is 10.9 Å². The fourth-order valence-electron chi connectivity index (χ4n) is 3.39. The first-order valence-electron chi connectivity index (χ1n) is 10.1. The maximum Gasteiger partial charge on any atom is 0.325 e. The van der Waals surface area contributed by atoms with Crippen LogP contribution in [0.5, 0.6) is 0 Å². The number of benzene rings is 1. The molecule has 1 aliphatic rings. The van der Waals surface area contributed by atoms with Crippen LogP contribution in [-0.4, -0.2) is 49.8 Å². The first-order valence-corrected chi connectivity index (χ1v) is 10.1. The summed E-state index contributed by atoms with van der Waals surface area (Å²) in [6.07, 6.45) is 6.59. The van der Waals surface area contributed by atoms with Crippen molar-refractivity contribution in [2.24, 2.45) is 5.92 Å². The standard InChI is InChI=1S/C21H24N6O3/c1-2-7-26(10-14-3-4-14)19-9-18(22-13-23-19)21(30)24-16-5-6-17-15(8-16)11-27(25-17)12-20(28)29/h5-6,8-9,11,13-14H,2-4,7,10,12H2,1H3,(H,24,30)(H,28,29). The molecule has 1 aromatic carbocycles. The molecule has 30 heavy (non-hydrogen) atoms. The maximum atomic E-state index is 12.7. The Morgan fingerprint density at radius 3 is 2.83 bits per heavy atom. The minimum absolute atomic E-state index is 0.213.